The fourth-order valence-corrected chi connectivity index (χ4v) is 3.71. The van der Waals surface area contributed by atoms with Gasteiger partial charge in [-0.15, -0.1) is 11.3 Å². The van der Waals surface area contributed by atoms with Gasteiger partial charge in [-0.25, -0.2) is 4.98 Å². The van der Waals surface area contributed by atoms with Crippen molar-refractivity contribution in [3.8, 4) is 0 Å². The molecule has 5 nitrogen and oxygen atoms in total. The van der Waals surface area contributed by atoms with Gasteiger partial charge in [-0.3, -0.25) is 9.69 Å². The van der Waals surface area contributed by atoms with Gasteiger partial charge in [0.1, 0.15) is 11.3 Å². The summed E-state index contributed by atoms with van der Waals surface area (Å²) in [5, 5.41) is 4.09. The summed E-state index contributed by atoms with van der Waals surface area (Å²) < 4.78 is 6.99. The first-order valence-corrected chi connectivity index (χ1v) is 9.26. The number of nitrogens with one attached hydrogen (secondary N) is 1. The van der Waals surface area contributed by atoms with Crippen LogP contribution in [0.15, 0.2) is 58.5 Å². The lowest BCUT2D eigenvalue weighted by atomic mass is 10.1. The molecule has 1 atom stereocenters. The van der Waals surface area contributed by atoms with E-state index in [1.807, 2.05) is 67.5 Å². The van der Waals surface area contributed by atoms with Gasteiger partial charge in [-0.05, 0) is 44.4 Å². The van der Waals surface area contributed by atoms with Crippen molar-refractivity contribution in [1.29, 1.82) is 0 Å². The minimum Gasteiger partial charge on any atom is -0.459 e. The van der Waals surface area contributed by atoms with Crippen molar-refractivity contribution < 1.29 is 9.21 Å². The Labute approximate surface area is 155 Å². The van der Waals surface area contributed by atoms with Gasteiger partial charge in [-0.2, -0.15) is 0 Å². The Kier molecular flexibility index (Phi) is 4.44. The number of amides is 1. The molecule has 4 rings (SSSR count). The highest BCUT2D eigenvalue weighted by molar-refractivity contribution is 7.16. The van der Waals surface area contributed by atoms with Crippen LogP contribution in [0.2, 0.25) is 0 Å². The van der Waals surface area contributed by atoms with Crippen LogP contribution in [0.4, 0.5) is 0 Å². The second-order valence-electron chi connectivity index (χ2n) is 6.41. The number of rotatable bonds is 5. The van der Waals surface area contributed by atoms with Gasteiger partial charge in [0.05, 0.1) is 21.8 Å². The molecular weight excluding hydrogens is 346 g/mol. The van der Waals surface area contributed by atoms with Crippen molar-refractivity contribution in [2.45, 2.75) is 6.04 Å². The van der Waals surface area contributed by atoms with Crippen LogP contribution >= 0.6 is 11.3 Å². The highest BCUT2D eigenvalue weighted by Crippen LogP contribution is 2.26. The Morgan fingerprint density at radius 2 is 2.08 bits per heavy atom. The molecule has 0 bridgehead atoms. The highest BCUT2D eigenvalue weighted by atomic mass is 32.1. The van der Waals surface area contributed by atoms with E-state index in [0.29, 0.717) is 12.1 Å². The number of carbonyl (C=O) groups excluding carboxylic acids is 1. The van der Waals surface area contributed by atoms with Crippen LogP contribution in [0, 0.1) is 0 Å². The molecule has 1 N–H and O–H groups in total. The maximum Gasteiger partial charge on any atom is 0.251 e. The van der Waals surface area contributed by atoms with Crippen LogP contribution in [0.5, 0.6) is 0 Å². The molecule has 0 fully saturated rings. The van der Waals surface area contributed by atoms with Crippen LogP contribution < -0.4 is 5.32 Å². The summed E-state index contributed by atoms with van der Waals surface area (Å²) in [5.41, 5.74) is 4.20. The lowest BCUT2D eigenvalue weighted by Crippen LogP contribution is -2.34. The van der Waals surface area contributed by atoms with E-state index in [1.54, 1.807) is 5.51 Å². The summed E-state index contributed by atoms with van der Waals surface area (Å²) in [5.74, 6) is 0.748. The molecule has 2 heterocycles. The number of carbonyl (C=O) groups is 1. The quantitative estimate of drug-likeness (QED) is 0.579. The van der Waals surface area contributed by atoms with E-state index in [0.717, 1.165) is 26.9 Å². The summed E-state index contributed by atoms with van der Waals surface area (Å²) in [4.78, 5) is 18.9. The minimum absolute atomic E-state index is 0.0431. The third-order valence-corrected chi connectivity index (χ3v) is 5.24. The van der Waals surface area contributed by atoms with Crippen molar-refractivity contribution in [2.75, 3.05) is 20.6 Å². The van der Waals surface area contributed by atoms with Crippen LogP contribution in [-0.2, 0) is 0 Å². The Hall–Kier alpha value is -2.70. The van der Waals surface area contributed by atoms with E-state index in [-0.39, 0.29) is 11.9 Å². The Morgan fingerprint density at radius 3 is 2.88 bits per heavy atom. The lowest BCUT2D eigenvalue weighted by Gasteiger charge is -2.22. The van der Waals surface area contributed by atoms with E-state index >= 15 is 0 Å². The zero-order valence-corrected chi connectivity index (χ0v) is 15.4. The summed E-state index contributed by atoms with van der Waals surface area (Å²) >= 11 is 1.53. The molecule has 6 heteroatoms. The fraction of sp³-hybridized carbons (Fsp3) is 0.200. The number of hydrogen-bond donors (Lipinski definition) is 1. The predicted octanol–water partition coefficient (Wildman–Crippen LogP) is 4.08. The molecule has 132 valence electrons. The zero-order chi connectivity index (χ0) is 18.1. The number of benzene rings is 2. The average molecular weight is 365 g/mol. The maximum atomic E-state index is 12.6. The molecule has 0 saturated carbocycles. The monoisotopic (exact) mass is 365 g/mol. The van der Waals surface area contributed by atoms with E-state index < -0.39 is 0 Å². The molecular formula is C20H19N3O2S. The Bertz CT molecular complexity index is 1030. The van der Waals surface area contributed by atoms with Crippen molar-refractivity contribution in [3.05, 3.63) is 65.4 Å². The molecule has 1 amide bonds. The predicted molar refractivity (Wildman–Crippen MR) is 105 cm³/mol. The smallest absolute Gasteiger partial charge is 0.251 e. The first kappa shape index (κ1) is 16.8. The number of para-hydroxylation sites is 1. The van der Waals surface area contributed by atoms with Crippen LogP contribution in [-0.4, -0.2) is 36.4 Å². The number of furan rings is 1. The molecule has 0 saturated heterocycles. The van der Waals surface area contributed by atoms with Gasteiger partial charge in [-0.1, -0.05) is 18.2 Å². The van der Waals surface area contributed by atoms with Crippen molar-refractivity contribution in [2.24, 2.45) is 0 Å². The normalized spacial score (nSPS) is 12.7. The largest absolute Gasteiger partial charge is 0.459 e. The molecule has 0 radical (unpaired) electrons. The average Bonchev–Trinajstić information content (AvgIpc) is 3.27. The second kappa shape index (κ2) is 6.90. The number of aromatic nitrogens is 1. The van der Waals surface area contributed by atoms with Crippen molar-refractivity contribution in [1.82, 2.24) is 15.2 Å². The van der Waals surface area contributed by atoms with E-state index in [9.17, 15) is 4.79 Å². The van der Waals surface area contributed by atoms with Crippen molar-refractivity contribution >= 4 is 38.4 Å². The van der Waals surface area contributed by atoms with E-state index in [1.165, 1.54) is 11.3 Å². The van der Waals surface area contributed by atoms with Crippen LogP contribution in [0.1, 0.15) is 22.2 Å². The minimum atomic E-state index is -0.0942. The number of thiazole rings is 1. The first-order valence-electron chi connectivity index (χ1n) is 8.38. The SMILES string of the molecule is CN(C)[C@H](CNC(=O)c1ccc2ncsc2c1)c1cc2ccccc2o1. The highest BCUT2D eigenvalue weighted by Gasteiger charge is 2.20. The van der Waals surface area contributed by atoms with Gasteiger partial charge < -0.3 is 9.73 Å². The molecule has 0 aliphatic carbocycles. The molecule has 0 unspecified atom stereocenters. The van der Waals surface area contributed by atoms with E-state index in [2.05, 4.69) is 10.3 Å². The van der Waals surface area contributed by atoms with Gasteiger partial charge in [0.25, 0.3) is 5.91 Å². The van der Waals surface area contributed by atoms with Gasteiger partial charge >= 0.3 is 0 Å². The standard InChI is InChI=1S/C20H19N3O2S/c1-23(2)16(18-9-13-5-3-4-6-17(13)25-18)11-21-20(24)14-7-8-15-19(10-14)26-12-22-15/h3-10,12,16H,11H2,1-2H3,(H,21,24)/t16-/m1/s1. The third kappa shape index (κ3) is 3.21. The molecule has 0 aliphatic heterocycles. The topological polar surface area (TPSA) is 58.4 Å². The van der Waals surface area contributed by atoms with Crippen molar-refractivity contribution in [3.63, 3.8) is 0 Å². The zero-order valence-electron chi connectivity index (χ0n) is 14.6. The summed E-state index contributed by atoms with van der Waals surface area (Å²) in [6.45, 7) is 0.465. The maximum absolute atomic E-state index is 12.6. The molecule has 2 aromatic heterocycles. The molecule has 26 heavy (non-hydrogen) atoms. The molecule has 4 aromatic rings. The molecule has 0 spiro atoms. The Balaban J connectivity index is 1.52. The number of likely N-dealkylation sites (N-methyl/N-ethyl adjacent to an activating group) is 1. The lowest BCUT2D eigenvalue weighted by molar-refractivity contribution is 0.0939. The first-order chi connectivity index (χ1) is 12.6. The number of fused-ring (bicyclic) bond motifs is 2. The molecule has 0 aliphatic rings. The summed E-state index contributed by atoms with van der Waals surface area (Å²) in [7, 11) is 3.96. The number of hydrogen-bond acceptors (Lipinski definition) is 5. The van der Waals surface area contributed by atoms with Crippen LogP contribution in [0.25, 0.3) is 21.2 Å². The van der Waals surface area contributed by atoms with Crippen LogP contribution in [0.3, 0.4) is 0 Å². The van der Waals surface area contributed by atoms with Gasteiger partial charge in [0, 0.05) is 17.5 Å². The summed E-state index contributed by atoms with van der Waals surface area (Å²) in [6, 6.07) is 15.5. The Morgan fingerprint density at radius 1 is 1.23 bits per heavy atom. The van der Waals surface area contributed by atoms with Gasteiger partial charge in [0.15, 0.2) is 0 Å². The summed E-state index contributed by atoms with van der Waals surface area (Å²) in [6.07, 6.45) is 0. The molecule has 2 aromatic carbocycles. The number of nitrogens with zero attached hydrogens (tertiary/aromatic N) is 2. The fourth-order valence-electron chi connectivity index (χ4n) is 2.99. The van der Waals surface area contributed by atoms with Gasteiger partial charge in [0.2, 0.25) is 0 Å². The van der Waals surface area contributed by atoms with E-state index in [4.69, 9.17) is 4.42 Å². The second-order valence-corrected chi connectivity index (χ2v) is 7.30. The third-order valence-electron chi connectivity index (χ3n) is 4.45.